The lowest BCUT2D eigenvalue weighted by atomic mass is 10.2. The molecule has 1 rings (SSSR count). The fourth-order valence-electron chi connectivity index (χ4n) is 2.30. The van der Waals surface area contributed by atoms with Crippen molar-refractivity contribution in [2.45, 2.75) is 33.1 Å². The lowest BCUT2D eigenvalue weighted by Crippen LogP contribution is -2.34. The molecule has 19 heavy (non-hydrogen) atoms. The van der Waals surface area contributed by atoms with Crippen molar-refractivity contribution in [2.24, 2.45) is 7.05 Å². The second kappa shape index (κ2) is 7.38. The summed E-state index contributed by atoms with van der Waals surface area (Å²) in [5.41, 5.74) is 8.18. The van der Waals surface area contributed by atoms with E-state index in [0.29, 0.717) is 0 Å². The molecule has 0 amide bonds. The van der Waals surface area contributed by atoms with Gasteiger partial charge in [-0.3, -0.25) is 4.68 Å². The Hall–Kier alpha value is -1.23. The number of aryl methyl sites for hydroxylation is 2. The zero-order valence-electron chi connectivity index (χ0n) is 13.1. The minimum absolute atomic E-state index is 0.858. The first kappa shape index (κ1) is 15.8. The van der Waals surface area contributed by atoms with Gasteiger partial charge in [-0.25, -0.2) is 0 Å². The molecule has 0 aliphatic rings. The number of aromatic nitrogens is 2. The van der Waals surface area contributed by atoms with Gasteiger partial charge < -0.3 is 15.5 Å². The van der Waals surface area contributed by atoms with Gasteiger partial charge in [-0.05, 0) is 26.9 Å². The van der Waals surface area contributed by atoms with E-state index < -0.39 is 0 Å². The average Bonchev–Trinajstić information content (AvgIpc) is 2.61. The number of likely N-dealkylation sites (N-methyl/N-ethyl adjacent to an activating group) is 1. The zero-order chi connectivity index (χ0) is 14.4. The molecule has 1 heterocycles. The van der Waals surface area contributed by atoms with Crippen LogP contribution in [0.1, 0.15) is 32.4 Å². The molecule has 0 saturated carbocycles. The van der Waals surface area contributed by atoms with E-state index >= 15 is 0 Å². The highest BCUT2D eigenvalue weighted by Gasteiger charge is 2.18. The molecule has 0 radical (unpaired) electrons. The Morgan fingerprint density at radius 3 is 2.32 bits per heavy atom. The number of anilines is 2. The van der Waals surface area contributed by atoms with Gasteiger partial charge in [0.1, 0.15) is 5.82 Å². The molecular formula is C14H29N5. The molecule has 0 spiro atoms. The van der Waals surface area contributed by atoms with Gasteiger partial charge in [0.05, 0.1) is 11.4 Å². The van der Waals surface area contributed by atoms with Crippen LogP contribution in [0.25, 0.3) is 0 Å². The molecule has 0 fully saturated rings. The summed E-state index contributed by atoms with van der Waals surface area (Å²) in [5.74, 6) is 1.08. The van der Waals surface area contributed by atoms with Crippen LogP contribution in [0.4, 0.5) is 11.5 Å². The van der Waals surface area contributed by atoms with Crippen LogP contribution >= 0.6 is 0 Å². The molecule has 110 valence electrons. The fourth-order valence-corrected chi connectivity index (χ4v) is 2.30. The Bertz CT molecular complexity index is 383. The molecule has 0 bridgehead atoms. The molecule has 0 atom stereocenters. The van der Waals surface area contributed by atoms with E-state index in [0.717, 1.165) is 56.1 Å². The monoisotopic (exact) mass is 267 g/mol. The van der Waals surface area contributed by atoms with Gasteiger partial charge >= 0.3 is 0 Å². The first-order valence-electron chi connectivity index (χ1n) is 7.22. The second-order valence-corrected chi connectivity index (χ2v) is 5.35. The molecule has 0 saturated heterocycles. The molecule has 0 aliphatic heterocycles. The standard InChI is InChI=1S/C14H29N5/c1-6-8-12-13(15)14(18(5)16-12)19(9-7-2)11-10-17(3)4/h6-11,15H2,1-5H3. The molecule has 2 N–H and O–H groups in total. The normalized spacial score (nSPS) is 11.3. The third-order valence-corrected chi connectivity index (χ3v) is 3.23. The van der Waals surface area contributed by atoms with Crippen molar-refractivity contribution in [3.8, 4) is 0 Å². The quantitative estimate of drug-likeness (QED) is 0.779. The fraction of sp³-hybridized carbons (Fsp3) is 0.786. The number of rotatable bonds is 8. The lowest BCUT2D eigenvalue weighted by Gasteiger charge is -2.26. The first-order chi connectivity index (χ1) is 9.01. The van der Waals surface area contributed by atoms with Crippen LogP contribution in [0.15, 0.2) is 0 Å². The summed E-state index contributed by atoms with van der Waals surface area (Å²) in [6, 6.07) is 0. The summed E-state index contributed by atoms with van der Waals surface area (Å²) in [4.78, 5) is 4.55. The molecular weight excluding hydrogens is 238 g/mol. The van der Waals surface area contributed by atoms with E-state index in [1.54, 1.807) is 0 Å². The maximum atomic E-state index is 6.29. The molecule has 0 aliphatic carbocycles. The summed E-state index contributed by atoms with van der Waals surface area (Å²) in [7, 11) is 6.18. The third-order valence-electron chi connectivity index (χ3n) is 3.23. The summed E-state index contributed by atoms with van der Waals surface area (Å²) < 4.78 is 1.94. The SMILES string of the molecule is CCCc1nn(C)c(N(CCC)CCN(C)C)c1N. The van der Waals surface area contributed by atoms with Crippen molar-refractivity contribution in [2.75, 3.05) is 44.4 Å². The van der Waals surface area contributed by atoms with Crippen molar-refractivity contribution >= 4 is 11.5 Å². The van der Waals surface area contributed by atoms with Gasteiger partial charge in [-0.1, -0.05) is 20.3 Å². The molecule has 5 heteroatoms. The zero-order valence-corrected chi connectivity index (χ0v) is 13.1. The van der Waals surface area contributed by atoms with E-state index in [4.69, 9.17) is 5.73 Å². The number of nitrogens with zero attached hydrogens (tertiary/aromatic N) is 4. The Kier molecular flexibility index (Phi) is 6.15. The van der Waals surface area contributed by atoms with Gasteiger partial charge in [-0.15, -0.1) is 0 Å². The minimum atomic E-state index is 0.858. The summed E-state index contributed by atoms with van der Waals surface area (Å²) in [5, 5.41) is 4.57. The van der Waals surface area contributed by atoms with Crippen LogP contribution in [0.5, 0.6) is 0 Å². The van der Waals surface area contributed by atoms with Crippen LogP contribution in [0, 0.1) is 0 Å². The Labute approximate surface area is 117 Å². The Balaban J connectivity index is 2.94. The van der Waals surface area contributed by atoms with Crippen LogP contribution in [0.2, 0.25) is 0 Å². The largest absolute Gasteiger partial charge is 0.394 e. The van der Waals surface area contributed by atoms with Gasteiger partial charge in [-0.2, -0.15) is 5.10 Å². The van der Waals surface area contributed by atoms with E-state index in [9.17, 15) is 0 Å². The predicted molar refractivity (Wildman–Crippen MR) is 82.7 cm³/mol. The van der Waals surface area contributed by atoms with E-state index in [1.165, 1.54) is 0 Å². The second-order valence-electron chi connectivity index (χ2n) is 5.35. The van der Waals surface area contributed by atoms with E-state index in [2.05, 4.69) is 42.8 Å². The molecule has 0 unspecified atom stereocenters. The molecule has 1 aromatic heterocycles. The van der Waals surface area contributed by atoms with Gasteiger partial charge in [0.15, 0.2) is 0 Å². The Morgan fingerprint density at radius 2 is 1.79 bits per heavy atom. The van der Waals surface area contributed by atoms with Gasteiger partial charge in [0, 0.05) is 26.7 Å². The predicted octanol–water partition coefficient (Wildman–Crippen LogP) is 1.73. The number of nitrogens with two attached hydrogens (primary N) is 1. The van der Waals surface area contributed by atoms with Crippen molar-refractivity contribution in [3.63, 3.8) is 0 Å². The van der Waals surface area contributed by atoms with E-state index in [-0.39, 0.29) is 0 Å². The van der Waals surface area contributed by atoms with E-state index in [1.807, 2.05) is 11.7 Å². The van der Waals surface area contributed by atoms with Crippen molar-refractivity contribution in [1.29, 1.82) is 0 Å². The number of hydrogen-bond acceptors (Lipinski definition) is 4. The first-order valence-corrected chi connectivity index (χ1v) is 7.22. The van der Waals surface area contributed by atoms with Gasteiger partial charge in [0.25, 0.3) is 0 Å². The highest BCUT2D eigenvalue weighted by Crippen LogP contribution is 2.27. The highest BCUT2D eigenvalue weighted by molar-refractivity contribution is 5.66. The Morgan fingerprint density at radius 1 is 1.11 bits per heavy atom. The van der Waals surface area contributed by atoms with Gasteiger partial charge in [0.2, 0.25) is 0 Å². The maximum absolute atomic E-state index is 6.29. The lowest BCUT2D eigenvalue weighted by molar-refractivity contribution is 0.411. The number of hydrogen-bond donors (Lipinski definition) is 1. The average molecular weight is 267 g/mol. The van der Waals surface area contributed by atoms with Crippen LogP contribution in [-0.4, -0.2) is 48.4 Å². The van der Waals surface area contributed by atoms with Crippen molar-refractivity contribution in [3.05, 3.63) is 5.69 Å². The number of nitrogen functional groups attached to an aromatic ring is 1. The highest BCUT2D eigenvalue weighted by atomic mass is 15.4. The maximum Gasteiger partial charge on any atom is 0.150 e. The summed E-state index contributed by atoms with van der Waals surface area (Å²) in [6.07, 6.45) is 3.14. The molecule has 5 nitrogen and oxygen atoms in total. The topological polar surface area (TPSA) is 50.3 Å². The van der Waals surface area contributed by atoms with Crippen LogP contribution in [0.3, 0.4) is 0 Å². The van der Waals surface area contributed by atoms with Crippen LogP contribution in [-0.2, 0) is 13.5 Å². The third kappa shape index (κ3) is 4.13. The minimum Gasteiger partial charge on any atom is -0.394 e. The summed E-state index contributed by atoms with van der Waals surface area (Å²) >= 11 is 0. The summed E-state index contributed by atoms with van der Waals surface area (Å²) in [6.45, 7) is 7.37. The molecule has 1 aromatic rings. The van der Waals surface area contributed by atoms with Crippen LogP contribution < -0.4 is 10.6 Å². The molecule has 0 aromatic carbocycles. The van der Waals surface area contributed by atoms with Crippen molar-refractivity contribution in [1.82, 2.24) is 14.7 Å². The smallest absolute Gasteiger partial charge is 0.150 e. The van der Waals surface area contributed by atoms with Crippen molar-refractivity contribution < 1.29 is 0 Å².